The summed E-state index contributed by atoms with van der Waals surface area (Å²) in [6.45, 7) is 0.391. The normalized spacial score (nSPS) is 10.7. The third-order valence-electron chi connectivity index (χ3n) is 4.55. The summed E-state index contributed by atoms with van der Waals surface area (Å²) in [6, 6.07) is 19.0. The lowest BCUT2D eigenvalue weighted by Crippen LogP contribution is -2.15. The van der Waals surface area contributed by atoms with Gasteiger partial charge < -0.3 is 10.1 Å². The molecule has 0 unspecified atom stereocenters. The molecule has 0 fully saturated rings. The first-order valence-corrected chi connectivity index (χ1v) is 9.75. The molecular formula is C21H20N6O2S. The summed E-state index contributed by atoms with van der Waals surface area (Å²) < 4.78 is 9.17. The van der Waals surface area contributed by atoms with Crippen LogP contribution in [0.3, 0.4) is 0 Å². The highest BCUT2D eigenvalue weighted by Gasteiger charge is 2.12. The second-order valence-corrected chi connectivity index (χ2v) is 6.90. The molecule has 0 aliphatic rings. The Kier molecular flexibility index (Phi) is 5.71. The molecule has 0 bridgehead atoms. The average Bonchev–Trinajstić information content (AvgIpc) is 3.39. The first-order chi connectivity index (χ1) is 14.6. The van der Waals surface area contributed by atoms with E-state index in [4.69, 9.17) is 17.0 Å². The number of carbonyl (C=O) groups is 1. The van der Waals surface area contributed by atoms with Gasteiger partial charge in [0.25, 0.3) is 0 Å². The van der Waals surface area contributed by atoms with Gasteiger partial charge in [-0.05, 0) is 48.6 Å². The lowest BCUT2D eigenvalue weighted by Gasteiger charge is -2.08. The maximum atomic E-state index is 12.4. The summed E-state index contributed by atoms with van der Waals surface area (Å²) in [6.07, 6.45) is 2.04. The van der Waals surface area contributed by atoms with Crippen molar-refractivity contribution < 1.29 is 9.53 Å². The van der Waals surface area contributed by atoms with Gasteiger partial charge in [-0.1, -0.05) is 18.2 Å². The molecule has 0 aliphatic heterocycles. The minimum Gasteiger partial charge on any atom is -0.497 e. The first-order valence-electron chi connectivity index (χ1n) is 9.34. The van der Waals surface area contributed by atoms with E-state index in [2.05, 4.69) is 20.6 Å². The maximum absolute atomic E-state index is 12.4. The van der Waals surface area contributed by atoms with E-state index < -0.39 is 0 Å². The minimum atomic E-state index is -0.155. The van der Waals surface area contributed by atoms with Gasteiger partial charge in [-0.25, -0.2) is 4.68 Å². The molecule has 0 radical (unpaired) electrons. The van der Waals surface area contributed by atoms with Gasteiger partial charge in [0.2, 0.25) is 5.91 Å². The second-order valence-electron chi connectivity index (χ2n) is 6.51. The highest BCUT2D eigenvalue weighted by molar-refractivity contribution is 7.71. The van der Waals surface area contributed by atoms with E-state index in [0.29, 0.717) is 23.0 Å². The summed E-state index contributed by atoms with van der Waals surface area (Å²) in [5, 5.41) is 14.3. The number of rotatable bonds is 7. The maximum Gasteiger partial charge on any atom is 0.227 e. The van der Waals surface area contributed by atoms with Crippen molar-refractivity contribution in [2.75, 3.05) is 12.4 Å². The van der Waals surface area contributed by atoms with Crippen LogP contribution in [0.4, 0.5) is 5.82 Å². The van der Waals surface area contributed by atoms with Crippen LogP contribution in [-0.4, -0.2) is 37.6 Å². The first kappa shape index (κ1) is 19.6. The summed E-state index contributed by atoms with van der Waals surface area (Å²) in [7, 11) is 1.62. The molecule has 2 heterocycles. The van der Waals surface area contributed by atoms with Crippen LogP contribution in [0, 0.1) is 4.77 Å². The molecule has 2 aromatic carbocycles. The van der Waals surface area contributed by atoms with E-state index in [1.165, 1.54) is 0 Å². The lowest BCUT2D eigenvalue weighted by molar-refractivity contribution is -0.116. The third-order valence-corrected chi connectivity index (χ3v) is 4.86. The van der Waals surface area contributed by atoms with Crippen molar-refractivity contribution >= 4 is 23.9 Å². The topological polar surface area (TPSA) is 89.8 Å². The van der Waals surface area contributed by atoms with E-state index in [0.717, 1.165) is 17.0 Å². The van der Waals surface area contributed by atoms with E-state index >= 15 is 0 Å². The van der Waals surface area contributed by atoms with Crippen LogP contribution in [0.15, 0.2) is 66.9 Å². The van der Waals surface area contributed by atoms with Crippen molar-refractivity contribution in [3.8, 4) is 22.8 Å². The highest BCUT2D eigenvalue weighted by atomic mass is 32.1. The Labute approximate surface area is 178 Å². The number of hydrogen-bond donors (Lipinski definition) is 2. The lowest BCUT2D eigenvalue weighted by atomic mass is 10.2. The molecule has 2 aromatic heterocycles. The quantitative estimate of drug-likeness (QED) is 0.444. The predicted octanol–water partition coefficient (Wildman–Crippen LogP) is 3.83. The highest BCUT2D eigenvalue weighted by Crippen LogP contribution is 2.21. The van der Waals surface area contributed by atoms with Crippen LogP contribution in [-0.2, 0) is 11.3 Å². The minimum absolute atomic E-state index is 0.155. The SMILES string of the molecule is COc1ccc(-c2n[nH]c(=S)n2CCC(=O)Nc2ccn(-c3ccccc3)n2)cc1. The standard InChI is InChI=1S/C21H20N6O2S/c1-29-17-9-7-15(8-10-17)20-23-24-21(30)26(20)13-12-19(28)22-18-11-14-27(25-18)16-5-3-2-4-6-16/h2-11,14H,12-13H2,1H3,(H,24,30)(H,22,25,28). The molecular weight excluding hydrogens is 400 g/mol. The number of para-hydroxylation sites is 1. The van der Waals surface area contributed by atoms with Crippen LogP contribution < -0.4 is 10.1 Å². The molecule has 0 saturated carbocycles. The molecule has 0 saturated heterocycles. The zero-order valence-corrected chi connectivity index (χ0v) is 17.1. The number of aromatic nitrogens is 5. The largest absolute Gasteiger partial charge is 0.497 e. The van der Waals surface area contributed by atoms with Crippen molar-refractivity contribution in [1.82, 2.24) is 24.5 Å². The molecule has 4 aromatic rings. The van der Waals surface area contributed by atoms with Gasteiger partial charge in [0.15, 0.2) is 16.4 Å². The Hall–Kier alpha value is -3.72. The number of H-pyrrole nitrogens is 1. The van der Waals surface area contributed by atoms with Crippen LogP contribution in [0.2, 0.25) is 0 Å². The molecule has 9 heteroatoms. The molecule has 4 rings (SSSR count). The Morgan fingerprint density at radius 3 is 2.63 bits per heavy atom. The Bertz CT molecular complexity index is 1190. The number of aromatic amines is 1. The number of benzene rings is 2. The second kappa shape index (κ2) is 8.75. The molecule has 152 valence electrons. The summed E-state index contributed by atoms with van der Waals surface area (Å²) in [4.78, 5) is 12.4. The van der Waals surface area contributed by atoms with E-state index in [1.807, 2.05) is 54.6 Å². The van der Waals surface area contributed by atoms with Crippen molar-refractivity contribution in [3.63, 3.8) is 0 Å². The number of hydrogen-bond acceptors (Lipinski definition) is 5. The Morgan fingerprint density at radius 2 is 1.90 bits per heavy atom. The van der Waals surface area contributed by atoms with Gasteiger partial charge in [0, 0.05) is 30.8 Å². The van der Waals surface area contributed by atoms with E-state index in [9.17, 15) is 4.79 Å². The van der Waals surface area contributed by atoms with Crippen LogP contribution in [0.5, 0.6) is 5.75 Å². The van der Waals surface area contributed by atoms with Gasteiger partial charge in [0.05, 0.1) is 12.8 Å². The molecule has 0 atom stereocenters. The Morgan fingerprint density at radius 1 is 1.13 bits per heavy atom. The molecule has 2 N–H and O–H groups in total. The van der Waals surface area contributed by atoms with Gasteiger partial charge in [0.1, 0.15) is 5.75 Å². The smallest absolute Gasteiger partial charge is 0.227 e. The molecule has 30 heavy (non-hydrogen) atoms. The van der Waals surface area contributed by atoms with Crippen LogP contribution >= 0.6 is 12.2 Å². The zero-order valence-electron chi connectivity index (χ0n) is 16.3. The molecule has 0 aliphatic carbocycles. The van der Waals surface area contributed by atoms with Crippen molar-refractivity contribution in [1.29, 1.82) is 0 Å². The number of carbonyl (C=O) groups excluding carboxylic acids is 1. The number of anilines is 1. The average molecular weight is 420 g/mol. The van der Waals surface area contributed by atoms with Gasteiger partial charge in [-0.3, -0.25) is 14.5 Å². The Balaban J connectivity index is 1.41. The number of amides is 1. The number of nitrogens with one attached hydrogen (secondary N) is 2. The monoisotopic (exact) mass is 420 g/mol. The molecule has 0 spiro atoms. The number of ether oxygens (including phenoxy) is 1. The van der Waals surface area contributed by atoms with E-state index in [1.54, 1.807) is 28.6 Å². The van der Waals surface area contributed by atoms with E-state index in [-0.39, 0.29) is 12.3 Å². The van der Waals surface area contributed by atoms with Gasteiger partial charge in [-0.15, -0.1) is 0 Å². The fraction of sp³-hybridized carbons (Fsp3) is 0.143. The molecule has 8 nitrogen and oxygen atoms in total. The van der Waals surface area contributed by atoms with Crippen molar-refractivity contribution in [2.24, 2.45) is 0 Å². The summed E-state index contributed by atoms with van der Waals surface area (Å²) in [5.74, 6) is 1.77. The van der Waals surface area contributed by atoms with Crippen LogP contribution in [0.1, 0.15) is 6.42 Å². The fourth-order valence-electron chi connectivity index (χ4n) is 3.02. The summed E-state index contributed by atoms with van der Waals surface area (Å²) >= 11 is 5.33. The summed E-state index contributed by atoms with van der Waals surface area (Å²) in [5.41, 5.74) is 1.80. The third kappa shape index (κ3) is 4.31. The van der Waals surface area contributed by atoms with Crippen molar-refractivity contribution in [2.45, 2.75) is 13.0 Å². The zero-order chi connectivity index (χ0) is 20.9. The van der Waals surface area contributed by atoms with Gasteiger partial charge >= 0.3 is 0 Å². The van der Waals surface area contributed by atoms with Crippen LogP contribution in [0.25, 0.3) is 17.1 Å². The fourth-order valence-corrected chi connectivity index (χ4v) is 3.24. The predicted molar refractivity (Wildman–Crippen MR) is 116 cm³/mol. The number of nitrogens with zero attached hydrogens (tertiary/aromatic N) is 4. The van der Waals surface area contributed by atoms with Crippen molar-refractivity contribution in [3.05, 3.63) is 71.6 Å². The number of methoxy groups -OCH3 is 1. The molecule has 1 amide bonds. The van der Waals surface area contributed by atoms with Gasteiger partial charge in [-0.2, -0.15) is 10.2 Å².